The average Bonchev–Trinajstić information content (AvgIpc) is 3.25. The third kappa shape index (κ3) is 5.99. The van der Waals surface area contributed by atoms with E-state index in [1.54, 1.807) is 11.9 Å². The SMILES string of the molecule is CN1C([NH-])=N[C@@H]2[C@H]1C=CCN2C(=O)OP.Cl.NC1=N[C@@H]2[C@@H](C=CCN2C(=O)OP)N1.[Y]. The second-order valence-corrected chi connectivity index (χ2v) is 6.97. The number of carbonyl (C=O) groups is 2. The fourth-order valence-corrected chi connectivity index (χ4v) is 3.66. The van der Waals surface area contributed by atoms with E-state index in [-0.39, 0.29) is 75.5 Å². The number of hydrogen-bond acceptors (Lipinski definition) is 9. The molecule has 2 unspecified atom stereocenters. The first-order valence-electron chi connectivity index (χ1n) is 8.67. The van der Waals surface area contributed by atoms with E-state index in [4.69, 9.17) is 11.5 Å². The maximum absolute atomic E-state index is 11.4. The maximum atomic E-state index is 11.4. The predicted molar refractivity (Wildman–Crippen MR) is 121 cm³/mol. The van der Waals surface area contributed by atoms with E-state index in [0.29, 0.717) is 19.0 Å². The largest absolute Gasteiger partial charge is 0.435 e. The van der Waals surface area contributed by atoms with Crippen LogP contribution in [0.5, 0.6) is 0 Å². The van der Waals surface area contributed by atoms with Gasteiger partial charge in [-0.15, -0.1) is 12.4 Å². The summed E-state index contributed by atoms with van der Waals surface area (Å²) in [7, 11) is 5.64. The number of likely N-dealkylation sites (N-methyl/N-ethyl adjacent to an activating group) is 1. The molecule has 0 aromatic heterocycles. The Labute approximate surface area is 216 Å². The third-order valence-electron chi connectivity index (χ3n) is 4.84. The Morgan fingerprint density at radius 2 is 1.68 bits per heavy atom. The minimum atomic E-state index is -0.439. The molecule has 4 heterocycles. The fourth-order valence-electron chi connectivity index (χ4n) is 3.38. The van der Waals surface area contributed by atoms with Crippen LogP contribution in [0.4, 0.5) is 9.59 Å². The number of carbonyl (C=O) groups excluding carboxylic acids is 2. The van der Waals surface area contributed by atoms with Crippen molar-refractivity contribution in [1.82, 2.24) is 20.0 Å². The Kier molecular flexibility index (Phi) is 10.9. The molecule has 4 aliphatic rings. The minimum absolute atomic E-state index is 0. The number of amides is 2. The summed E-state index contributed by atoms with van der Waals surface area (Å²) in [6.07, 6.45) is 6.19. The van der Waals surface area contributed by atoms with Crippen molar-refractivity contribution in [3.8, 4) is 0 Å². The van der Waals surface area contributed by atoms with E-state index in [2.05, 4.69) is 24.3 Å². The zero-order valence-electron chi connectivity index (χ0n) is 16.6. The molecule has 0 spiro atoms. The van der Waals surface area contributed by atoms with Gasteiger partial charge in [0.25, 0.3) is 0 Å². The molecule has 0 saturated carbocycles. The molecule has 4 N–H and O–H groups in total. The van der Waals surface area contributed by atoms with Crippen molar-refractivity contribution in [3.63, 3.8) is 0 Å². The van der Waals surface area contributed by atoms with Crippen LogP contribution < -0.4 is 11.1 Å². The molecule has 2 amide bonds. The van der Waals surface area contributed by atoms with Crippen LogP contribution >= 0.6 is 31.3 Å². The van der Waals surface area contributed by atoms with Gasteiger partial charge in [0.2, 0.25) is 0 Å². The number of aliphatic imine (C=N–C) groups is 2. The molecule has 0 fully saturated rings. The molecular formula is C15H24ClN8O4P2Y-. The van der Waals surface area contributed by atoms with Crippen LogP contribution in [-0.2, 0) is 41.8 Å². The molecule has 0 bridgehead atoms. The summed E-state index contributed by atoms with van der Waals surface area (Å²) in [6.45, 7) is 0.964. The van der Waals surface area contributed by atoms with Gasteiger partial charge in [0.1, 0.15) is 0 Å². The van der Waals surface area contributed by atoms with E-state index in [9.17, 15) is 9.59 Å². The molecular weight excluding hydrogens is 543 g/mol. The van der Waals surface area contributed by atoms with Crippen molar-refractivity contribution in [2.75, 3.05) is 20.1 Å². The summed E-state index contributed by atoms with van der Waals surface area (Å²) in [6, 6.07) is -0.0804. The van der Waals surface area contributed by atoms with E-state index >= 15 is 0 Å². The number of halogens is 1. The van der Waals surface area contributed by atoms with Crippen LogP contribution in [0.1, 0.15) is 0 Å². The Bertz CT molecular complexity index is 801. The fraction of sp³-hybridized carbons (Fsp3) is 0.467. The van der Waals surface area contributed by atoms with Gasteiger partial charge in [-0.25, -0.2) is 14.6 Å². The number of fused-ring (bicyclic) bond motifs is 2. The summed E-state index contributed by atoms with van der Waals surface area (Å²) in [5.41, 5.74) is 13.1. The van der Waals surface area contributed by atoms with Gasteiger partial charge in [-0.3, -0.25) is 9.80 Å². The molecule has 169 valence electrons. The van der Waals surface area contributed by atoms with Crippen LogP contribution in [0.15, 0.2) is 34.3 Å². The van der Waals surface area contributed by atoms with Gasteiger partial charge in [-0.2, -0.15) is 0 Å². The van der Waals surface area contributed by atoms with Crippen LogP contribution in [0, 0.1) is 0 Å². The topological polar surface area (TPSA) is 149 Å². The van der Waals surface area contributed by atoms with Crippen LogP contribution in [0.25, 0.3) is 5.73 Å². The first-order valence-corrected chi connectivity index (χ1v) is 9.61. The van der Waals surface area contributed by atoms with Crippen LogP contribution in [0.2, 0.25) is 0 Å². The molecule has 0 aliphatic carbocycles. The van der Waals surface area contributed by atoms with Gasteiger partial charge in [-0.05, 0) is 7.05 Å². The molecule has 6 atom stereocenters. The van der Waals surface area contributed by atoms with E-state index in [1.165, 1.54) is 9.80 Å². The third-order valence-corrected chi connectivity index (χ3v) is 5.24. The Morgan fingerprint density at radius 1 is 1.13 bits per heavy atom. The van der Waals surface area contributed by atoms with Crippen molar-refractivity contribution < 1.29 is 51.3 Å². The molecule has 31 heavy (non-hydrogen) atoms. The monoisotopic (exact) mass is 566 g/mol. The first-order chi connectivity index (χ1) is 13.9. The van der Waals surface area contributed by atoms with Gasteiger partial charge in [-0.1, -0.05) is 24.3 Å². The normalized spacial score (nSPS) is 27.1. The molecule has 1 radical (unpaired) electrons. The van der Waals surface area contributed by atoms with Crippen molar-refractivity contribution >= 4 is 55.4 Å². The summed E-state index contributed by atoms with van der Waals surface area (Å²) >= 11 is 0. The Hall–Kier alpha value is -1.19. The number of rotatable bonds is 0. The summed E-state index contributed by atoms with van der Waals surface area (Å²) < 4.78 is 9.15. The van der Waals surface area contributed by atoms with Crippen molar-refractivity contribution in [1.29, 1.82) is 0 Å². The number of guanidine groups is 2. The Balaban J connectivity index is 0.000000292. The number of nitrogens with two attached hydrogens (primary N) is 1. The maximum Gasteiger partial charge on any atom is 0.414 e. The van der Waals surface area contributed by atoms with Crippen molar-refractivity contribution in [3.05, 3.63) is 30.0 Å². The zero-order chi connectivity index (χ0) is 21.1. The molecule has 0 aromatic carbocycles. The van der Waals surface area contributed by atoms with Gasteiger partial charge in [0, 0.05) is 57.8 Å². The van der Waals surface area contributed by atoms with Gasteiger partial charge < -0.3 is 35.7 Å². The van der Waals surface area contributed by atoms with Gasteiger partial charge in [0.15, 0.2) is 12.1 Å². The Morgan fingerprint density at radius 3 is 2.26 bits per heavy atom. The quantitative estimate of drug-likeness (QED) is 0.323. The summed E-state index contributed by atoms with van der Waals surface area (Å²) in [4.78, 5) is 35.7. The van der Waals surface area contributed by atoms with Gasteiger partial charge >= 0.3 is 12.2 Å². The smallest absolute Gasteiger partial charge is 0.414 e. The molecule has 0 aromatic rings. The number of nitrogens with one attached hydrogen (secondary N) is 2. The zero-order valence-corrected chi connectivity index (χ0v) is 22.6. The van der Waals surface area contributed by atoms with Gasteiger partial charge in [0.05, 0.1) is 31.1 Å². The molecule has 12 nitrogen and oxygen atoms in total. The predicted octanol–water partition coefficient (Wildman–Crippen LogP) is 0.650. The van der Waals surface area contributed by atoms with Crippen LogP contribution in [-0.4, -0.2) is 83.4 Å². The van der Waals surface area contributed by atoms with E-state index in [1.807, 2.05) is 43.2 Å². The second kappa shape index (κ2) is 12.2. The molecule has 16 heteroatoms. The standard InChI is InChI=1S/C8H12N4O2P.C7H11N4O2P.ClH.Y/c1-11-5-3-2-4-12(8(13)14-15)6(5)10-7(11)9;8-6-9-4-2-1-3-11(5(4)10-6)7(12)13-14;;/h2-3,5-6H,4,15H2,1H3,(H-,9,10);1-2,4-5H,3,14H2,(H3,8,9,10);1H;/q-1;;;/t5-,6+;4-,5+;;/m11../s1. The minimum Gasteiger partial charge on any atom is -0.435 e. The van der Waals surface area contributed by atoms with Crippen molar-refractivity contribution in [2.45, 2.75) is 24.4 Å². The van der Waals surface area contributed by atoms with E-state index < -0.39 is 12.2 Å². The molecule has 4 rings (SSSR count). The molecule has 4 aliphatic heterocycles. The van der Waals surface area contributed by atoms with E-state index in [0.717, 1.165) is 0 Å². The second-order valence-electron chi connectivity index (χ2n) is 6.49. The number of nitrogens with zero attached hydrogens (tertiary/aromatic N) is 5. The number of hydrogen-bond donors (Lipinski definition) is 2. The molecule has 0 saturated heterocycles. The van der Waals surface area contributed by atoms with Crippen LogP contribution in [0.3, 0.4) is 0 Å². The summed E-state index contributed by atoms with van der Waals surface area (Å²) in [5, 5.41) is 2.95. The van der Waals surface area contributed by atoms with Crippen molar-refractivity contribution in [2.24, 2.45) is 15.7 Å². The average molecular weight is 567 g/mol. The first kappa shape index (κ1) is 27.8. The summed E-state index contributed by atoms with van der Waals surface area (Å²) in [5.74, 6) is 0.547.